The van der Waals surface area contributed by atoms with E-state index in [4.69, 9.17) is 0 Å². The van der Waals surface area contributed by atoms with Crippen molar-refractivity contribution in [2.24, 2.45) is 7.05 Å². The van der Waals surface area contributed by atoms with Crippen molar-refractivity contribution in [2.75, 3.05) is 6.54 Å². The average Bonchev–Trinajstić information content (AvgIpc) is 2.74. The van der Waals surface area contributed by atoms with E-state index in [2.05, 4.69) is 5.10 Å². The number of piperidine rings is 1. The first-order chi connectivity index (χ1) is 10.2. The molecule has 124 valence electrons. The number of carbonyl (C=O) groups is 1. The maximum absolute atomic E-state index is 13.2. The van der Waals surface area contributed by atoms with Gasteiger partial charge in [-0.1, -0.05) is 0 Å². The Kier molecular flexibility index (Phi) is 4.52. The lowest BCUT2D eigenvalue weighted by Crippen LogP contribution is -2.48. The number of sulfonamides is 1. The molecule has 1 aromatic rings. The van der Waals surface area contributed by atoms with Gasteiger partial charge in [0.1, 0.15) is 6.04 Å². The van der Waals surface area contributed by atoms with E-state index in [0.29, 0.717) is 12.8 Å². The van der Waals surface area contributed by atoms with Crippen LogP contribution in [0.1, 0.15) is 36.9 Å². The molecule has 7 nitrogen and oxygen atoms in total. The highest BCUT2D eigenvalue weighted by molar-refractivity contribution is 7.89. The van der Waals surface area contributed by atoms with Crippen molar-refractivity contribution in [3.8, 4) is 0 Å². The minimum atomic E-state index is -4.37. The number of carboxylic acid groups (broad SMARTS) is 1. The number of nitrogens with zero attached hydrogens (tertiary/aromatic N) is 3. The Labute approximate surface area is 126 Å². The summed E-state index contributed by atoms with van der Waals surface area (Å²) in [7, 11) is -3.11. The minimum Gasteiger partial charge on any atom is -0.480 e. The van der Waals surface area contributed by atoms with Gasteiger partial charge in [-0.25, -0.2) is 17.2 Å². The molecule has 0 saturated carbocycles. The van der Waals surface area contributed by atoms with Gasteiger partial charge >= 0.3 is 5.97 Å². The number of carboxylic acids is 1. The minimum absolute atomic E-state index is 0.00773. The van der Waals surface area contributed by atoms with Crippen molar-refractivity contribution in [2.45, 2.75) is 43.7 Å². The number of aryl methyl sites for hydroxylation is 2. The van der Waals surface area contributed by atoms with Gasteiger partial charge in [-0.15, -0.1) is 0 Å². The van der Waals surface area contributed by atoms with Crippen molar-refractivity contribution in [3.63, 3.8) is 0 Å². The molecular formula is C12H17F2N3O4S. The molecule has 10 heteroatoms. The van der Waals surface area contributed by atoms with Crippen molar-refractivity contribution in [1.29, 1.82) is 0 Å². The molecule has 0 spiro atoms. The summed E-state index contributed by atoms with van der Waals surface area (Å²) in [5.41, 5.74) is -0.753. The number of halogens is 2. The SMILES string of the molecule is Cc1nn(C)c(S(=O)(=O)N2CCCCC2C(=O)O)c1C(F)F. The number of alkyl halides is 2. The summed E-state index contributed by atoms with van der Waals surface area (Å²) < 4.78 is 53.5. The Bertz CT molecular complexity index is 687. The molecule has 22 heavy (non-hydrogen) atoms. The lowest BCUT2D eigenvalue weighted by atomic mass is 10.1. The van der Waals surface area contributed by atoms with Crippen LogP contribution in [0.2, 0.25) is 0 Å². The summed E-state index contributed by atoms with van der Waals surface area (Å²) in [4.78, 5) is 11.3. The van der Waals surface area contributed by atoms with E-state index in [0.717, 1.165) is 8.99 Å². The third-order valence-corrected chi connectivity index (χ3v) is 5.75. The smallest absolute Gasteiger partial charge is 0.322 e. The van der Waals surface area contributed by atoms with Gasteiger partial charge in [0, 0.05) is 13.6 Å². The molecule has 1 aliphatic heterocycles. The zero-order chi connectivity index (χ0) is 16.7. The maximum atomic E-state index is 13.2. The van der Waals surface area contributed by atoms with E-state index in [1.165, 1.54) is 14.0 Å². The van der Waals surface area contributed by atoms with Gasteiger partial charge in [-0.2, -0.15) is 9.40 Å². The number of aromatic nitrogens is 2. The molecule has 1 N–H and O–H groups in total. The summed E-state index contributed by atoms with van der Waals surface area (Å²) in [6, 6.07) is -1.24. The standard InChI is InChI=1S/C12H17F2N3O4S/c1-7-9(10(13)14)11(16(2)15-7)22(20,21)17-6-4-3-5-8(17)12(18)19/h8,10H,3-6H2,1-2H3,(H,18,19). The van der Waals surface area contributed by atoms with Gasteiger partial charge in [-0.05, 0) is 26.2 Å². The van der Waals surface area contributed by atoms with Crippen LogP contribution >= 0.6 is 0 Å². The van der Waals surface area contributed by atoms with Crippen molar-refractivity contribution < 1.29 is 27.1 Å². The first-order valence-electron chi connectivity index (χ1n) is 6.74. The summed E-state index contributed by atoms with van der Waals surface area (Å²) in [5, 5.41) is 12.3. The van der Waals surface area contributed by atoms with E-state index in [1.807, 2.05) is 0 Å². The van der Waals surface area contributed by atoms with E-state index in [9.17, 15) is 27.1 Å². The summed E-state index contributed by atoms with van der Waals surface area (Å²) in [5.74, 6) is -1.28. The second-order valence-corrected chi connectivity index (χ2v) is 7.00. The van der Waals surface area contributed by atoms with Gasteiger partial charge in [0.15, 0.2) is 5.03 Å². The molecule has 1 fully saturated rings. The number of rotatable bonds is 4. The molecule has 1 aromatic heterocycles. The van der Waals surface area contributed by atoms with E-state index < -0.39 is 39.0 Å². The number of hydrogen-bond acceptors (Lipinski definition) is 4. The first-order valence-corrected chi connectivity index (χ1v) is 8.18. The van der Waals surface area contributed by atoms with Gasteiger partial charge in [0.2, 0.25) is 0 Å². The van der Waals surface area contributed by atoms with Crippen LogP contribution in [0.15, 0.2) is 5.03 Å². The van der Waals surface area contributed by atoms with Crippen LogP contribution in [0.3, 0.4) is 0 Å². The highest BCUT2D eigenvalue weighted by Crippen LogP contribution is 2.33. The zero-order valence-corrected chi connectivity index (χ0v) is 13.0. The van der Waals surface area contributed by atoms with E-state index >= 15 is 0 Å². The predicted octanol–water partition coefficient (Wildman–Crippen LogP) is 1.29. The molecule has 0 amide bonds. The Morgan fingerprint density at radius 1 is 1.41 bits per heavy atom. The van der Waals surface area contributed by atoms with Crippen molar-refractivity contribution in [3.05, 3.63) is 11.3 Å². The molecule has 2 rings (SSSR count). The lowest BCUT2D eigenvalue weighted by Gasteiger charge is -2.31. The fourth-order valence-electron chi connectivity index (χ4n) is 2.76. The quantitative estimate of drug-likeness (QED) is 0.894. The Balaban J connectivity index is 2.57. The van der Waals surface area contributed by atoms with Gasteiger partial charge in [0.25, 0.3) is 16.4 Å². The van der Waals surface area contributed by atoms with Crippen molar-refractivity contribution in [1.82, 2.24) is 14.1 Å². The van der Waals surface area contributed by atoms with Gasteiger partial charge in [-0.3, -0.25) is 9.48 Å². The predicted molar refractivity (Wildman–Crippen MR) is 72.1 cm³/mol. The van der Waals surface area contributed by atoms with E-state index in [-0.39, 0.29) is 18.7 Å². The molecule has 0 aromatic carbocycles. The highest BCUT2D eigenvalue weighted by Gasteiger charge is 2.42. The third-order valence-electron chi connectivity index (χ3n) is 3.72. The third kappa shape index (κ3) is 2.72. The Morgan fingerprint density at radius 3 is 2.59 bits per heavy atom. The molecule has 0 radical (unpaired) electrons. The van der Waals surface area contributed by atoms with Crippen LogP contribution in [0.5, 0.6) is 0 Å². The maximum Gasteiger partial charge on any atom is 0.322 e. The average molecular weight is 337 g/mol. The molecule has 2 heterocycles. The highest BCUT2D eigenvalue weighted by atomic mass is 32.2. The van der Waals surface area contributed by atoms with Crippen molar-refractivity contribution >= 4 is 16.0 Å². The van der Waals surface area contributed by atoms with Crippen LogP contribution in [0.25, 0.3) is 0 Å². The Morgan fingerprint density at radius 2 is 2.05 bits per heavy atom. The second-order valence-electron chi connectivity index (χ2n) is 5.19. The summed E-state index contributed by atoms with van der Waals surface area (Å²) in [6.07, 6.45) is -1.78. The molecule has 1 atom stereocenters. The second kappa shape index (κ2) is 5.92. The van der Waals surface area contributed by atoms with Crippen LogP contribution < -0.4 is 0 Å². The first kappa shape index (κ1) is 16.8. The molecule has 1 saturated heterocycles. The molecular weight excluding hydrogens is 320 g/mol. The number of hydrogen-bond donors (Lipinski definition) is 1. The zero-order valence-electron chi connectivity index (χ0n) is 12.2. The molecule has 0 bridgehead atoms. The van der Waals surface area contributed by atoms with Crippen LogP contribution in [0.4, 0.5) is 8.78 Å². The van der Waals surface area contributed by atoms with Gasteiger partial charge < -0.3 is 5.11 Å². The fourth-order valence-corrected chi connectivity index (χ4v) is 4.77. The monoisotopic (exact) mass is 337 g/mol. The van der Waals surface area contributed by atoms with Gasteiger partial charge in [0.05, 0.1) is 11.3 Å². The van der Waals surface area contributed by atoms with E-state index in [1.54, 1.807) is 0 Å². The normalized spacial score (nSPS) is 20.5. The van der Waals surface area contributed by atoms with Crippen LogP contribution in [0, 0.1) is 6.92 Å². The lowest BCUT2D eigenvalue weighted by molar-refractivity contribution is -0.142. The van der Waals surface area contributed by atoms with Crippen LogP contribution in [-0.2, 0) is 21.9 Å². The summed E-state index contributed by atoms with van der Waals surface area (Å²) >= 11 is 0. The number of aliphatic carboxylic acids is 1. The Hall–Kier alpha value is -1.55. The summed E-state index contributed by atoms with van der Waals surface area (Å²) in [6.45, 7) is 1.29. The largest absolute Gasteiger partial charge is 0.480 e. The molecule has 1 aliphatic rings. The molecule has 0 aliphatic carbocycles. The topological polar surface area (TPSA) is 92.5 Å². The molecule has 1 unspecified atom stereocenters. The fraction of sp³-hybridized carbons (Fsp3) is 0.667. The van der Waals surface area contributed by atoms with Crippen LogP contribution in [-0.4, -0.2) is 46.2 Å².